The van der Waals surface area contributed by atoms with Crippen molar-refractivity contribution < 1.29 is 19.0 Å². The number of benzene rings is 1. The van der Waals surface area contributed by atoms with E-state index >= 15 is 0 Å². The smallest absolute Gasteiger partial charge is 0.164 e. The maximum Gasteiger partial charge on any atom is 0.164 e. The molecule has 1 aromatic rings. The molecule has 7 heteroatoms. The van der Waals surface area contributed by atoms with Gasteiger partial charge in [-0.2, -0.15) is 0 Å². The average molecular weight is 333 g/mol. The van der Waals surface area contributed by atoms with Crippen LogP contribution in [-0.4, -0.2) is 70.3 Å². The number of hydrogen-bond donors (Lipinski definition) is 1. The lowest BCUT2D eigenvalue weighted by atomic mass is 9.90. The lowest BCUT2D eigenvalue weighted by Gasteiger charge is -2.31. The summed E-state index contributed by atoms with van der Waals surface area (Å²) in [5, 5.41) is 7.75. The van der Waals surface area contributed by atoms with Gasteiger partial charge in [0, 0.05) is 44.4 Å². The number of rotatable bonds is 4. The van der Waals surface area contributed by atoms with Crippen molar-refractivity contribution in [3.05, 3.63) is 17.7 Å². The first-order chi connectivity index (χ1) is 11.8. The normalized spacial score (nSPS) is 25.8. The number of piperazine rings is 1. The lowest BCUT2D eigenvalue weighted by molar-refractivity contribution is 0.0190. The van der Waals surface area contributed by atoms with Crippen molar-refractivity contribution in [2.24, 2.45) is 11.1 Å². The Morgan fingerprint density at radius 2 is 1.96 bits per heavy atom. The van der Waals surface area contributed by atoms with Crippen LogP contribution < -0.4 is 19.5 Å². The molecule has 2 unspecified atom stereocenters. The molecule has 0 aliphatic carbocycles. The SMILES string of the molecule is COc1cc2c(cc1OC)C1=NOC(CN3CCNCC3)C1CO2. The number of oxime groups is 1. The molecule has 7 nitrogen and oxygen atoms in total. The second kappa shape index (κ2) is 6.49. The van der Waals surface area contributed by atoms with Crippen LogP contribution in [0.5, 0.6) is 17.2 Å². The first-order valence-electron chi connectivity index (χ1n) is 8.36. The number of nitrogens with zero attached hydrogens (tertiary/aromatic N) is 2. The maximum absolute atomic E-state index is 5.97. The molecule has 1 saturated heterocycles. The Labute approximate surface area is 141 Å². The molecule has 130 valence electrons. The third-order valence-corrected chi connectivity index (χ3v) is 4.91. The van der Waals surface area contributed by atoms with Crippen molar-refractivity contribution in [1.29, 1.82) is 0 Å². The summed E-state index contributed by atoms with van der Waals surface area (Å²) in [5.74, 6) is 2.26. The van der Waals surface area contributed by atoms with Gasteiger partial charge in [-0.05, 0) is 6.07 Å². The summed E-state index contributed by atoms with van der Waals surface area (Å²) in [7, 11) is 3.25. The number of fused-ring (bicyclic) bond motifs is 3. The molecular formula is C17H23N3O4. The van der Waals surface area contributed by atoms with Gasteiger partial charge < -0.3 is 24.4 Å². The van der Waals surface area contributed by atoms with Crippen molar-refractivity contribution in [1.82, 2.24) is 10.2 Å². The molecule has 2 atom stereocenters. The zero-order valence-electron chi connectivity index (χ0n) is 14.1. The lowest BCUT2D eigenvalue weighted by Crippen LogP contribution is -2.48. The summed E-state index contributed by atoms with van der Waals surface area (Å²) < 4.78 is 16.7. The Bertz CT molecular complexity index is 643. The first-order valence-corrected chi connectivity index (χ1v) is 8.36. The predicted molar refractivity (Wildman–Crippen MR) is 89.3 cm³/mol. The van der Waals surface area contributed by atoms with E-state index in [4.69, 9.17) is 19.0 Å². The van der Waals surface area contributed by atoms with Crippen LogP contribution in [0.25, 0.3) is 0 Å². The number of nitrogens with one attached hydrogen (secondary N) is 1. The van der Waals surface area contributed by atoms with Crippen LogP contribution in [0.4, 0.5) is 0 Å². The second-order valence-electron chi connectivity index (χ2n) is 6.29. The van der Waals surface area contributed by atoms with Crippen molar-refractivity contribution in [3.8, 4) is 17.2 Å². The molecule has 1 aromatic carbocycles. The monoisotopic (exact) mass is 333 g/mol. The fourth-order valence-electron chi connectivity index (χ4n) is 3.55. The number of methoxy groups -OCH3 is 2. The third-order valence-electron chi connectivity index (χ3n) is 4.91. The zero-order valence-corrected chi connectivity index (χ0v) is 14.1. The van der Waals surface area contributed by atoms with Gasteiger partial charge >= 0.3 is 0 Å². The van der Waals surface area contributed by atoms with Crippen LogP contribution in [-0.2, 0) is 4.84 Å². The molecule has 4 rings (SSSR count). The molecule has 0 aromatic heterocycles. The number of ether oxygens (including phenoxy) is 3. The predicted octanol–water partition coefficient (Wildman–Crippen LogP) is 0.721. The van der Waals surface area contributed by atoms with Gasteiger partial charge in [0.15, 0.2) is 17.6 Å². The Balaban J connectivity index is 1.55. The Morgan fingerprint density at radius 3 is 2.71 bits per heavy atom. The molecule has 1 fully saturated rings. The Hall–Kier alpha value is -1.99. The van der Waals surface area contributed by atoms with Gasteiger partial charge in [-0.3, -0.25) is 4.90 Å². The fraction of sp³-hybridized carbons (Fsp3) is 0.588. The number of hydrogen-bond acceptors (Lipinski definition) is 7. The Kier molecular flexibility index (Phi) is 4.20. The second-order valence-corrected chi connectivity index (χ2v) is 6.29. The average Bonchev–Trinajstić information content (AvgIpc) is 3.04. The quantitative estimate of drug-likeness (QED) is 0.876. The topological polar surface area (TPSA) is 64.5 Å². The van der Waals surface area contributed by atoms with E-state index < -0.39 is 0 Å². The van der Waals surface area contributed by atoms with Gasteiger partial charge in [0.1, 0.15) is 18.1 Å². The van der Waals surface area contributed by atoms with Crippen molar-refractivity contribution in [2.75, 3.05) is 53.6 Å². The highest BCUT2D eigenvalue weighted by atomic mass is 16.6. The van der Waals surface area contributed by atoms with E-state index in [0.29, 0.717) is 18.1 Å². The summed E-state index contributed by atoms with van der Waals surface area (Å²) >= 11 is 0. The summed E-state index contributed by atoms with van der Waals surface area (Å²) in [6, 6.07) is 3.78. The van der Waals surface area contributed by atoms with E-state index in [1.807, 2.05) is 12.1 Å². The highest BCUT2D eigenvalue weighted by molar-refractivity contribution is 6.06. The minimum atomic E-state index is 0.0411. The molecule has 0 bridgehead atoms. The fourth-order valence-corrected chi connectivity index (χ4v) is 3.55. The van der Waals surface area contributed by atoms with Crippen molar-refractivity contribution in [2.45, 2.75) is 6.10 Å². The molecule has 3 aliphatic rings. The third kappa shape index (κ3) is 2.67. The van der Waals surface area contributed by atoms with E-state index in [0.717, 1.165) is 49.7 Å². The molecular weight excluding hydrogens is 310 g/mol. The summed E-state index contributed by atoms with van der Waals surface area (Å²) in [6.07, 6.45) is 0.0411. The zero-order chi connectivity index (χ0) is 16.5. The van der Waals surface area contributed by atoms with Crippen LogP contribution in [0.3, 0.4) is 0 Å². The molecule has 0 saturated carbocycles. The van der Waals surface area contributed by atoms with Gasteiger partial charge in [-0.1, -0.05) is 5.16 Å². The van der Waals surface area contributed by atoms with Crippen LogP contribution in [0.15, 0.2) is 17.3 Å². The summed E-state index contributed by atoms with van der Waals surface area (Å²) in [4.78, 5) is 8.18. The maximum atomic E-state index is 5.97. The summed E-state index contributed by atoms with van der Waals surface area (Å²) in [6.45, 7) is 5.61. The van der Waals surface area contributed by atoms with Crippen LogP contribution in [0, 0.1) is 5.92 Å². The minimum Gasteiger partial charge on any atom is -0.493 e. The van der Waals surface area contributed by atoms with E-state index in [1.54, 1.807) is 14.2 Å². The molecule has 24 heavy (non-hydrogen) atoms. The van der Waals surface area contributed by atoms with E-state index in [-0.39, 0.29) is 12.0 Å². The van der Waals surface area contributed by atoms with E-state index in [1.165, 1.54) is 0 Å². The van der Waals surface area contributed by atoms with Gasteiger partial charge in [0.2, 0.25) is 0 Å². The largest absolute Gasteiger partial charge is 0.493 e. The van der Waals surface area contributed by atoms with Gasteiger partial charge in [-0.15, -0.1) is 0 Å². The van der Waals surface area contributed by atoms with Crippen molar-refractivity contribution in [3.63, 3.8) is 0 Å². The van der Waals surface area contributed by atoms with Crippen molar-refractivity contribution >= 4 is 5.71 Å². The van der Waals surface area contributed by atoms with Crippen LogP contribution in [0.1, 0.15) is 5.56 Å². The first kappa shape index (κ1) is 15.5. The standard InChI is InChI=1S/C17H23N3O4/c1-21-14-7-11-13(8-15(14)22-2)23-10-12-16(24-19-17(11)12)9-20-5-3-18-4-6-20/h7-8,12,16,18H,3-6,9-10H2,1-2H3. The molecule has 0 amide bonds. The Morgan fingerprint density at radius 1 is 1.21 bits per heavy atom. The van der Waals surface area contributed by atoms with Gasteiger partial charge in [0.25, 0.3) is 0 Å². The molecule has 3 aliphatic heterocycles. The molecule has 0 radical (unpaired) electrons. The molecule has 0 spiro atoms. The van der Waals surface area contributed by atoms with Gasteiger partial charge in [-0.25, -0.2) is 0 Å². The van der Waals surface area contributed by atoms with Gasteiger partial charge in [0.05, 0.1) is 20.1 Å². The van der Waals surface area contributed by atoms with E-state index in [2.05, 4.69) is 15.4 Å². The highest BCUT2D eigenvalue weighted by Gasteiger charge is 2.41. The highest BCUT2D eigenvalue weighted by Crippen LogP contribution is 2.40. The minimum absolute atomic E-state index is 0.0411. The van der Waals surface area contributed by atoms with Crippen LogP contribution >= 0.6 is 0 Å². The molecule has 1 N–H and O–H groups in total. The van der Waals surface area contributed by atoms with E-state index in [9.17, 15) is 0 Å². The summed E-state index contributed by atoms with van der Waals surface area (Å²) in [5.41, 5.74) is 1.89. The van der Waals surface area contributed by atoms with Crippen LogP contribution in [0.2, 0.25) is 0 Å². The molecule has 3 heterocycles.